The van der Waals surface area contributed by atoms with Crippen molar-refractivity contribution in [2.75, 3.05) is 33.4 Å². The van der Waals surface area contributed by atoms with E-state index < -0.39 is 0 Å². The predicted octanol–water partition coefficient (Wildman–Crippen LogP) is 0.0564. The van der Waals surface area contributed by atoms with Crippen LogP contribution in [0.1, 0.15) is 19.5 Å². The highest BCUT2D eigenvalue weighted by Crippen LogP contribution is 2.22. The Kier molecular flexibility index (Phi) is 4.54. The Labute approximate surface area is 115 Å². The lowest BCUT2D eigenvalue weighted by molar-refractivity contribution is -0.0224. The molecule has 0 aliphatic carbocycles. The fourth-order valence-electron chi connectivity index (χ4n) is 2.76. The minimum atomic E-state index is 0.0655. The molecular weight excluding hydrogens is 242 g/mol. The van der Waals surface area contributed by atoms with E-state index in [0.29, 0.717) is 6.04 Å². The normalized spacial score (nSPS) is 19.6. The van der Waals surface area contributed by atoms with Gasteiger partial charge in [0.2, 0.25) is 0 Å². The van der Waals surface area contributed by atoms with Gasteiger partial charge < -0.3 is 10.1 Å². The van der Waals surface area contributed by atoms with E-state index in [1.807, 2.05) is 20.3 Å². The second kappa shape index (κ2) is 5.98. The molecule has 2 rings (SSSR count). The summed E-state index contributed by atoms with van der Waals surface area (Å²) in [6, 6.07) is 0.335. The Bertz CT molecular complexity index is 397. The number of aryl methyl sites for hydroxylation is 1. The van der Waals surface area contributed by atoms with Gasteiger partial charge in [0, 0.05) is 44.3 Å². The monoisotopic (exact) mass is 267 g/mol. The zero-order valence-electron chi connectivity index (χ0n) is 12.4. The van der Waals surface area contributed by atoms with Crippen molar-refractivity contribution >= 4 is 0 Å². The fraction of sp³-hybridized carbons (Fsp3) is 0.846. The van der Waals surface area contributed by atoms with Crippen molar-refractivity contribution in [1.29, 1.82) is 0 Å². The van der Waals surface area contributed by atoms with Crippen molar-refractivity contribution in [3.05, 3.63) is 11.9 Å². The van der Waals surface area contributed by atoms with Gasteiger partial charge in [-0.3, -0.25) is 9.58 Å². The minimum Gasteiger partial charge on any atom is -0.379 e. The van der Waals surface area contributed by atoms with E-state index in [2.05, 4.69) is 34.4 Å². The average molecular weight is 267 g/mol. The molecule has 1 saturated heterocycles. The van der Waals surface area contributed by atoms with Crippen LogP contribution >= 0.6 is 0 Å². The third kappa shape index (κ3) is 3.32. The molecular formula is C13H25N5O. The molecule has 2 heterocycles. The highest BCUT2D eigenvalue weighted by molar-refractivity contribution is 5.03. The average Bonchev–Trinajstić information content (AvgIpc) is 2.82. The quantitative estimate of drug-likeness (QED) is 0.817. The topological polar surface area (TPSA) is 55.2 Å². The number of hydrogen-bond donors (Lipinski definition) is 1. The van der Waals surface area contributed by atoms with Gasteiger partial charge >= 0.3 is 0 Å². The number of hydrogen-bond acceptors (Lipinski definition) is 5. The van der Waals surface area contributed by atoms with E-state index in [-0.39, 0.29) is 5.54 Å². The summed E-state index contributed by atoms with van der Waals surface area (Å²) in [5.41, 5.74) is 1.10. The molecule has 1 aromatic heterocycles. The Hall–Kier alpha value is -0.980. The summed E-state index contributed by atoms with van der Waals surface area (Å²) in [5.74, 6) is 0. The molecule has 19 heavy (non-hydrogen) atoms. The summed E-state index contributed by atoms with van der Waals surface area (Å²) in [6.07, 6.45) is 2.87. The van der Waals surface area contributed by atoms with Crippen LogP contribution in [-0.2, 0) is 18.2 Å². The van der Waals surface area contributed by atoms with E-state index in [1.165, 1.54) is 0 Å². The number of ether oxygens (including phenoxy) is 1. The summed E-state index contributed by atoms with van der Waals surface area (Å²) in [7, 11) is 3.92. The molecule has 0 saturated carbocycles. The molecule has 1 atom stereocenters. The first kappa shape index (κ1) is 14.4. The fourth-order valence-corrected chi connectivity index (χ4v) is 2.76. The maximum Gasteiger partial charge on any atom is 0.0843 e. The lowest BCUT2D eigenvalue weighted by Crippen LogP contribution is -2.60. The van der Waals surface area contributed by atoms with Gasteiger partial charge in [-0.1, -0.05) is 5.21 Å². The second-order valence-corrected chi connectivity index (χ2v) is 5.68. The Morgan fingerprint density at radius 3 is 2.63 bits per heavy atom. The number of nitrogens with one attached hydrogen (secondary N) is 1. The Morgan fingerprint density at radius 2 is 2.11 bits per heavy atom. The maximum atomic E-state index is 5.44. The van der Waals surface area contributed by atoms with Gasteiger partial charge in [0.05, 0.1) is 18.9 Å². The van der Waals surface area contributed by atoms with Crippen LogP contribution in [0.15, 0.2) is 6.20 Å². The first-order chi connectivity index (χ1) is 9.04. The SMILES string of the molecule is CNC(Cc1cn(C)nn1)C(C)(C)N1CCOCC1. The van der Waals surface area contributed by atoms with Gasteiger partial charge in [-0.05, 0) is 20.9 Å². The van der Waals surface area contributed by atoms with Crippen molar-refractivity contribution in [3.63, 3.8) is 0 Å². The van der Waals surface area contributed by atoms with Crippen molar-refractivity contribution in [1.82, 2.24) is 25.2 Å². The van der Waals surface area contributed by atoms with E-state index in [4.69, 9.17) is 4.74 Å². The van der Waals surface area contributed by atoms with Crippen molar-refractivity contribution in [2.45, 2.75) is 31.8 Å². The smallest absolute Gasteiger partial charge is 0.0843 e. The second-order valence-electron chi connectivity index (χ2n) is 5.68. The van der Waals surface area contributed by atoms with Crippen molar-refractivity contribution < 1.29 is 4.74 Å². The van der Waals surface area contributed by atoms with E-state index in [0.717, 1.165) is 38.4 Å². The summed E-state index contributed by atoms with van der Waals surface area (Å²) >= 11 is 0. The van der Waals surface area contributed by atoms with Gasteiger partial charge in [0.1, 0.15) is 0 Å². The standard InChI is InChI=1S/C13H25N5O/c1-13(2,18-5-7-19-8-6-18)12(14-3)9-11-10-17(4)16-15-11/h10,12,14H,5-9H2,1-4H3. The van der Waals surface area contributed by atoms with Crippen LogP contribution in [0.2, 0.25) is 0 Å². The molecule has 0 bridgehead atoms. The van der Waals surface area contributed by atoms with E-state index in [1.54, 1.807) is 4.68 Å². The highest BCUT2D eigenvalue weighted by Gasteiger charge is 2.35. The highest BCUT2D eigenvalue weighted by atomic mass is 16.5. The summed E-state index contributed by atoms with van der Waals surface area (Å²) in [4.78, 5) is 2.49. The molecule has 1 unspecified atom stereocenters. The number of rotatable bonds is 5. The van der Waals surface area contributed by atoms with Gasteiger partial charge in [0.15, 0.2) is 0 Å². The molecule has 0 amide bonds. The Morgan fingerprint density at radius 1 is 1.42 bits per heavy atom. The molecule has 1 aliphatic rings. The van der Waals surface area contributed by atoms with Crippen molar-refractivity contribution in [2.24, 2.45) is 7.05 Å². The number of aromatic nitrogens is 3. The molecule has 1 fully saturated rings. The minimum absolute atomic E-state index is 0.0655. The first-order valence-corrected chi connectivity index (χ1v) is 6.89. The molecule has 1 aromatic rings. The first-order valence-electron chi connectivity index (χ1n) is 6.89. The van der Waals surface area contributed by atoms with Crippen LogP contribution in [0, 0.1) is 0 Å². The van der Waals surface area contributed by atoms with E-state index >= 15 is 0 Å². The van der Waals surface area contributed by atoms with Gasteiger partial charge in [-0.2, -0.15) is 0 Å². The van der Waals surface area contributed by atoms with Gasteiger partial charge in [-0.15, -0.1) is 5.10 Å². The molecule has 0 spiro atoms. The van der Waals surface area contributed by atoms with Crippen molar-refractivity contribution in [3.8, 4) is 0 Å². The van der Waals surface area contributed by atoms with E-state index in [9.17, 15) is 0 Å². The molecule has 1 aliphatic heterocycles. The molecule has 1 N–H and O–H groups in total. The third-order valence-electron chi connectivity index (χ3n) is 4.09. The molecule has 0 radical (unpaired) electrons. The number of likely N-dealkylation sites (N-methyl/N-ethyl adjacent to an activating group) is 1. The predicted molar refractivity (Wildman–Crippen MR) is 74.0 cm³/mol. The maximum absolute atomic E-state index is 5.44. The number of morpholine rings is 1. The van der Waals surface area contributed by atoms with Crippen LogP contribution in [0.5, 0.6) is 0 Å². The summed E-state index contributed by atoms with van der Waals surface area (Å²) in [6.45, 7) is 8.21. The van der Waals surface area contributed by atoms with Crippen LogP contribution in [0.4, 0.5) is 0 Å². The molecule has 6 nitrogen and oxygen atoms in total. The molecule has 6 heteroatoms. The summed E-state index contributed by atoms with van der Waals surface area (Å²) < 4.78 is 7.20. The van der Waals surface area contributed by atoms with Crippen LogP contribution in [0.25, 0.3) is 0 Å². The van der Waals surface area contributed by atoms with Gasteiger partial charge in [0.25, 0.3) is 0 Å². The lowest BCUT2D eigenvalue weighted by Gasteiger charge is -2.45. The van der Waals surface area contributed by atoms with Crippen LogP contribution in [-0.4, -0.2) is 64.8 Å². The lowest BCUT2D eigenvalue weighted by atomic mass is 9.88. The zero-order chi connectivity index (χ0) is 13.9. The number of nitrogens with zero attached hydrogens (tertiary/aromatic N) is 4. The van der Waals surface area contributed by atoms with Gasteiger partial charge in [-0.25, -0.2) is 0 Å². The van der Waals surface area contributed by atoms with Crippen LogP contribution in [0.3, 0.4) is 0 Å². The Balaban J connectivity index is 2.06. The summed E-state index contributed by atoms with van der Waals surface area (Å²) in [5, 5.41) is 11.6. The zero-order valence-corrected chi connectivity index (χ0v) is 12.4. The molecule has 0 aromatic carbocycles. The van der Waals surface area contributed by atoms with Crippen LogP contribution < -0.4 is 5.32 Å². The third-order valence-corrected chi connectivity index (χ3v) is 4.09. The molecule has 108 valence electrons. The largest absolute Gasteiger partial charge is 0.379 e.